The van der Waals surface area contributed by atoms with E-state index in [-0.39, 0.29) is 18.3 Å². The fraction of sp³-hybridized carbons (Fsp3) is 0.353. The molecule has 1 aromatic rings. The number of ether oxygens (including phenoxy) is 1. The molecular formula is C17H17Cl2NO3S2. The number of halogens is 2. The van der Waals surface area contributed by atoms with E-state index >= 15 is 0 Å². The Morgan fingerprint density at radius 2 is 2.04 bits per heavy atom. The van der Waals surface area contributed by atoms with Crippen LogP contribution in [0.2, 0.25) is 10.0 Å². The van der Waals surface area contributed by atoms with Gasteiger partial charge in [-0.2, -0.15) is 0 Å². The summed E-state index contributed by atoms with van der Waals surface area (Å²) in [6, 6.07) is 5.16. The summed E-state index contributed by atoms with van der Waals surface area (Å²) < 4.78 is 5.47. The van der Waals surface area contributed by atoms with Crippen molar-refractivity contribution >= 4 is 69.5 Å². The van der Waals surface area contributed by atoms with Gasteiger partial charge in [0.2, 0.25) is 0 Å². The molecule has 0 bridgehead atoms. The van der Waals surface area contributed by atoms with Crippen LogP contribution in [0.15, 0.2) is 23.1 Å². The quantitative estimate of drug-likeness (QED) is 0.357. The molecule has 1 fully saturated rings. The monoisotopic (exact) mass is 417 g/mol. The molecule has 1 aliphatic heterocycles. The molecule has 0 atom stereocenters. The van der Waals surface area contributed by atoms with Gasteiger partial charge in [0.15, 0.2) is 0 Å². The Balaban J connectivity index is 2.00. The van der Waals surface area contributed by atoms with E-state index in [4.69, 9.17) is 40.2 Å². The van der Waals surface area contributed by atoms with Gasteiger partial charge in [0, 0.05) is 28.6 Å². The molecule has 0 N–H and O–H groups in total. The van der Waals surface area contributed by atoms with Crippen molar-refractivity contribution in [3.05, 3.63) is 38.7 Å². The van der Waals surface area contributed by atoms with Crippen molar-refractivity contribution in [3.63, 3.8) is 0 Å². The average Bonchev–Trinajstić information content (AvgIpc) is 2.83. The van der Waals surface area contributed by atoms with Gasteiger partial charge in [-0.25, -0.2) is 0 Å². The Bertz CT molecular complexity index is 702. The molecule has 0 saturated carbocycles. The van der Waals surface area contributed by atoms with E-state index in [1.807, 2.05) is 6.92 Å². The van der Waals surface area contributed by atoms with E-state index in [9.17, 15) is 9.59 Å². The van der Waals surface area contributed by atoms with Crippen LogP contribution in [0.1, 0.15) is 31.7 Å². The fourth-order valence-corrected chi connectivity index (χ4v) is 3.94. The van der Waals surface area contributed by atoms with Crippen molar-refractivity contribution in [2.75, 3.05) is 13.2 Å². The summed E-state index contributed by atoms with van der Waals surface area (Å²) in [7, 11) is 0. The van der Waals surface area contributed by atoms with Gasteiger partial charge in [-0.3, -0.25) is 14.5 Å². The Labute approximate surface area is 166 Å². The minimum atomic E-state index is -0.259. The first-order valence-corrected chi connectivity index (χ1v) is 9.77. The van der Waals surface area contributed by atoms with Crippen LogP contribution < -0.4 is 0 Å². The largest absolute Gasteiger partial charge is 0.466 e. The van der Waals surface area contributed by atoms with E-state index in [1.54, 1.807) is 24.3 Å². The number of benzene rings is 1. The smallest absolute Gasteiger partial charge is 0.305 e. The summed E-state index contributed by atoms with van der Waals surface area (Å²) in [5.74, 6) is -0.460. The van der Waals surface area contributed by atoms with Crippen LogP contribution in [0.3, 0.4) is 0 Å². The predicted octanol–water partition coefficient (Wildman–Crippen LogP) is 4.93. The Hall–Kier alpha value is -1.08. The highest BCUT2D eigenvalue weighted by atomic mass is 35.5. The van der Waals surface area contributed by atoms with Crippen molar-refractivity contribution in [1.29, 1.82) is 0 Å². The van der Waals surface area contributed by atoms with E-state index in [1.165, 1.54) is 16.7 Å². The van der Waals surface area contributed by atoms with Crippen LogP contribution in [0.25, 0.3) is 6.08 Å². The number of hydrogen-bond donors (Lipinski definition) is 0. The highest BCUT2D eigenvalue weighted by Gasteiger charge is 2.32. The summed E-state index contributed by atoms with van der Waals surface area (Å²) in [6.07, 6.45) is 3.19. The molecule has 0 aliphatic carbocycles. The molecule has 0 radical (unpaired) electrons. The molecule has 134 valence electrons. The second kappa shape index (κ2) is 9.57. The molecule has 1 heterocycles. The third-order valence-electron chi connectivity index (χ3n) is 3.38. The van der Waals surface area contributed by atoms with Crippen LogP contribution in [-0.4, -0.2) is 34.2 Å². The summed E-state index contributed by atoms with van der Waals surface area (Å²) >= 11 is 18.8. The lowest BCUT2D eigenvalue weighted by Crippen LogP contribution is -2.29. The van der Waals surface area contributed by atoms with Gasteiger partial charge in [0.25, 0.3) is 5.91 Å². The number of thiocarbonyl (C=S) groups is 1. The molecule has 1 aromatic carbocycles. The molecule has 8 heteroatoms. The summed E-state index contributed by atoms with van der Waals surface area (Å²) in [5.41, 5.74) is 0.592. The van der Waals surface area contributed by atoms with Crippen LogP contribution in [0, 0.1) is 0 Å². The Kier molecular flexibility index (Phi) is 7.75. The fourth-order valence-electron chi connectivity index (χ4n) is 2.14. The number of esters is 1. The van der Waals surface area contributed by atoms with Crippen molar-refractivity contribution in [2.45, 2.75) is 26.2 Å². The first-order chi connectivity index (χ1) is 11.9. The highest BCUT2D eigenvalue weighted by molar-refractivity contribution is 8.26. The number of amides is 1. The number of nitrogens with zero attached hydrogens (tertiary/aromatic N) is 1. The Morgan fingerprint density at radius 3 is 2.68 bits per heavy atom. The van der Waals surface area contributed by atoms with Gasteiger partial charge in [-0.05, 0) is 31.1 Å². The predicted molar refractivity (Wildman–Crippen MR) is 107 cm³/mol. The first kappa shape index (κ1) is 20.2. The van der Waals surface area contributed by atoms with Gasteiger partial charge in [-0.1, -0.05) is 60.2 Å². The van der Waals surface area contributed by atoms with Crippen molar-refractivity contribution in [2.24, 2.45) is 0 Å². The minimum absolute atomic E-state index is 0.201. The van der Waals surface area contributed by atoms with Gasteiger partial charge in [0.1, 0.15) is 4.32 Å². The zero-order chi connectivity index (χ0) is 18.4. The second-order valence-electron chi connectivity index (χ2n) is 5.29. The third kappa shape index (κ3) is 5.45. The molecule has 1 saturated heterocycles. The molecule has 0 unspecified atom stereocenters. The zero-order valence-corrected chi connectivity index (χ0v) is 16.7. The molecule has 4 nitrogen and oxygen atoms in total. The topological polar surface area (TPSA) is 46.6 Å². The standard InChI is InChI=1S/C17H17Cl2NO3S2/c1-2-9-23-15(21)7-4-8-20-16(22)14(25-17(20)24)10-11-12(18)5-3-6-13(11)19/h3,5-6,10H,2,4,7-9H2,1H3/b14-10+. The van der Waals surface area contributed by atoms with Crippen LogP contribution >= 0.6 is 47.2 Å². The summed E-state index contributed by atoms with van der Waals surface area (Å²) in [5, 5.41) is 0.938. The van der Waals surface area contributed by atoms with Crippen molar-refractivity contribution in [1.82, 2.24) is 4.90 Å². The number of rotatable bonds is 7. The third-order valence-corrected chi connectivity index (χ3v) is 5.42. The normalized spacial score (nSPS) is 16.0. The van der Waals surface area contributed by atoms with Gasteiger partial charge < -0.3 is 4.74 Å². The molecule has 0 aromatic heterocycles. The second-order valence-corrected chi connectivity index (χ2v) is 7.78. The molecule has 1 aliphatic rings. The maximum absolute atomic E-state index is 12.5. The van der Waals surface area contributed by atoms with Crippen LogP contribution in [0.5, 0.6) is 0 Å². The van der Waals surface area contributed by atoms with E-state index < -0.39 is 0 Å². The van der Waals surface area contributed by atoms with E-state index in [0.29, 0.717) is 44.4 Å². The maximum atomic E-state index is 12.5. The molecule has 1 amide bonds. The first-order valence-electron chi connectivity index (χ1n) is 7.79. The molecule has 25 heavy (non-hydrogen) atoms. The van der Waals surface area contributed by atoms with E-state index in [0.717, 1.165) is 6.42 Å². The minimum Gasteiger partial charge on any atom is -0.466 e. The lowest BCUT2D eigenvalue weighted by molar-refractivity contribution is -0.144. The number of carbonyl (C=O) groups excluding carboxylic acids is 2. The average molecular weight is 418 g/mol. The SMILES string of the molecule is CCCOC(=O)CCCN1C(=O)/C(=C\c2c(Cl)cccc2Cl)SC1=S. The number of hydrogen-bond acceptors (Lipinski definition) is 5. The molecule has 0 spiro atoms. The lowest BCUT2D eigenvalue weighted by atomic mass is 10.2. The van der Waals surface area contributed by atoms with Crippen LogP contribution in [-0.2, 0) is 14.3 Å². The lowest BCUT2D eigenvalue weighted by Gasteiger charge is -2.13. The molecular weight excluding hydrogens is 401 g/mol. The van der Waals surface area contributed by atoms with E-state index in [2.05, 4.69) is 0 Å². The summed E-state index contributed by atoms with van der Waals surface area (Å²) in [6.45, 7) is 2.73. The zero-order valence-electron chi connectivity index (χ0n) is 13.6. The van der Waals surface area contributed by atoms with Gasteiger partial charge in [0.05, 0.1) is 11.5 Å². The number of carbonyl (C=O) groups is 2. The maximum Gasteiger partial charge on any atom is 0.305 e. The van der Waals surface area contributed by atoms with Gasteiger partial charge >= 0.3 is 5.97 Å². The van der Waals surface area contributed by atoms with Crippen molar-refractivity contribution in [3.8, 4) is 0 Å². The number of thioether (sulfide) groups is 1. The highest BCUT2D eigenvalue weighted by Crippen LogP contribution is 2.35. The van der Waals surface area contributed by atoms with Crippen molar-refractivity contribution < 1.29 is 14.3 Å². The molecule has 2 rings (SSSR count). The van der Waals surface area contributed by atoms with Gasteiger partial charge in [-0.15, -0.1) is 0 Å². The summed E-state index contributed by atoms with van der Waals surface area (Å²) in [4.78, 5) is 26.0. The Morgan fingerprint density at radius 1 is 1.36 bits per heavy atom. The van der Waals surface area contributed by atoms with Crippen LogP contribution in [0.4, 0.5) is 0 Å².